The highest BCUT2D eigenvalue weighted by atomic mass is 16.5. The van der Waals surface area contributed by atoms with Crippen molar-refractivity contribution < 1.29 is 14.5 Å². The Labute approximate surface area is 125 Å². The third kappa shape index (κ3) is 2.28. The number of Topliss-reactive ketones (excluding diaryl/α,β-unsaturated/α-hetero) is 1. The highest BCUT2D eigenvalue weighted by molar-refractivity contribution is 6.46. The lowest BCUT2D eigenvalue weighted by Gasteiger charge is -2.27. The fourth-order valence-corrected chi connectivity index (χ4v) is 3.22. The minimum Gasteiger partial charge on any atom is -0.427 e. The van der Waals surface area contributed by atoms with Crippen molar-refractivity contribution in [2.24, 2.45) is 5.92 Å². The van der Waals surface area contributed by atoms with E-state index in [1.54, 1.807) is 0 Å². The molecule has 0 amide bonds. The Morgan fingerprint density at radius 2 is 2.00 bits per heavy atom. The lowest BCUT2D eigenvalue weighted by molar-refractivity contribution is 0.102. The molecule has 4 heteroatoms. The molecule has 0 aromatic heterocycles. The van der Waals surface area contributed by atoms with Crippen LogP contribution in [-0.4, -0.2) is 24.5 Å². The number of hydrogen-bond donors (Lipinski definition) is 1. The van der Waals surface area contributed by atoms with Gasteiger partial charge in [-0.15, -0.1) is 0 Å². The number of benzene rings is 1. The predicted molar refractivity (Wildman–Crippen MR) is 84.0 cm³/mol. The minimum absolute atomic E-state index is 0.0447. The smallest absolute Gasteiger partial charge is 0.427 e. The standard InChI is InChI=1S/C17H19BO3/c1-3-10-21-18(20)15-9-8-13-12-6-4-5-7-14(12)17(19)16(13)11(15)2/h4-9,11,15,20H,3,10H2,1-2H3. The molecule has 2 atom stereocenters. The van der Waals surface area contributed by atoms with E-state index in [1.807, 2.05) is 50.3 Å². The molecule has 0 spiro atoms. The van der Waals surface area contributed by atoms with Crippen molar-refractivity contribution in [3.05, 3.63) is 53.1 Å². The van der Waals surface area contributed by atoms with Crippen LogP contribution in [0.4, 0.5) is 0 Å². The second kappa shape index (κ2) is 5.62. The molecule has 2 aliphatic carbocycles. The van der Waals surface area contributed by atoms with Crippen LogP contribution in [0.5, 0.6) is 0 Å². The van der Waals surface area contributed by atoms with Crippen molar-refractivity contribution >= 4 is 18.5 Å². The number of carbonyl (C=O) groups excluding carboxylic acids is 1. The van der Waals surface area contributed by atoms with E-state index >= 15 is 0 Å². The molecule has 0 fully saturated rings. The van der Waals surface area contributed by atoms with Crippen molar-refractivity contribution in [1.82, 2.24) is 0 Å². The van der Waals surface area contributed by atoms with Crippen LogP contribution >= 0.6 is 0 Å². The molecule has 0 heterocycles. The maximum absolute atomic E-state index is 12.6. The van der Waals surface area contributed by atoms with Gasteiger partial charge < -0.3 is 9.68 Å². The number of fused-ring (bicyclic) bond motifs is 2. The Hall–Kier alpha value is -1.65. The van der Waals surface area contributed by atoms with Gasteiger partial charge in [-0.25, -0.2) is 0 Å². The first kappa shape index (κ1) is 14.3. The van der Waals surface area contributed by atoms with E-state index in [0.29, 0.717) is 6.61 Å². The molecule has 0 saturated carbocycles. The Morgan fingerprint density at radius 3 is 2.71 bits per heavy atom. The summed E-state index contributed by atoms with van der Waals surface area (Å²) in [5.74, 6) is -0.129. The number of allylic oxidation sites excluding steroid dienone is 4. The van der Waals surface area contributed by atoms with Crippen LogP contribution in [0.2, 0.25) is 5.82 Å². The quantitative estimate of drug-likeness (QED) is 0.863. The molecule has 0 bridgehead atoms. The first-order valence-electron chi connectivity index (χ1n) is 7.51. The summed E-state index contributed by atoms with van der Waals surface area (Å²) in [7, 11) is -0.859. The maximum atomic E-state index is 12.6. The third-order valence-electron chi connectivity index (χ3n) is 4.34. The molecule has 1 aromatic carbocycles. The van der Waals surface area contributed by atoms with E-state index in [1.165, 1.54) is 0 Å². The average molecular weight is 282 g/mol. The number of carbonyl (C=O) groups is 1. The molecule has 0 radical (unpaired) electrons. The summed E-state index contributed by atoms with van der Waals surface area (Å²) in [4.78, 5) is 12.6. The number of ketones is 1. The van der Waals surface area contributed by atoms with Gasteiger partial charge in [0.15, 0.2) is 5.78 Å². The van der Waals surface area contributed by atoms with Crippen molar-refractivity contribution in [2.45, 2.75) is 26.1 Å². The Morgan fingerprint density at radius 1 is 1.29 bits per heavy atom. The predicted octanol–water partition coefficient (Wildman–Crippen LogP) is 3.12. The lowest BCUT2D eigenvalue weighted by atomic mass is 9.61. The van der Waals surface area contributed by atoms with Gasteiger partial charge in [-0.3, -0.25) is 4.79 Å². The van der Waals surface area contributed by atoms with Crippen LogP contribution in [0.1, 0.15) is 36.2 Å². The molecule has 21 heavy (non-hydrogen) atoms. The minimum atomic E-state index is -0.859. The zero-order valence-electron chi connectivity index (χ0n) is 12.4. The summed E-state index contributed by atoms with van der Waals surface area (Å²) in [6.45, 7) is 4.52. The molecule has 3 nitrogen and oxygen atoms in total. The van der Waals surface area contributed by atoms with Gasteiger partial charge >= 0.3 is 7.12 Å². The van der Waals surface area contributed by atoms with Crippen molar-refractivity contribution in [3.8, 4) is 0 Å². The van der Waals surface area contributed by atoms with Gasteiger partial charge in [0.05, 0.1) is 0 Å². The number of rotatable bonds is 4. The fourth-order valence-electron chi connectivity index (χ4n) is 3.22. The molecule has 3 rings (SSSR count). The first-order chi connectivity index (χ1) is 10.1. The van der Waals surface area contributed by atoms with Crippen LogP contribution < -0.4 is 0 Å². The largest absolute Gasteiger partial charge is 0.462 e. The second-order valence-corrected chi connectivity index (χ2v) is 5.69. The maximum Gasteiger partial charge on any atom is 0.462 e. The number of hydrogen-bond acceptors (Lipinski definition) is 3. The van der Waals surface area contributed by atoms with E-state index in [4.69, 9.17) is 4.65 Å². The van der Waals surface area contributed by atoms with Gasteiger partial charge in [-0.2, -0.15) is 0 Å². The molecular weight excluding hydrogens is 263 g/mol. The van der Waals surface area contributed by atoms with Gasteiger partial charge in [0.2, 0.25) is 0 Å². The van der Waals surface area contributed by atoms with E-state index in [2.05, 4.69) is 0 Å². The Balaban J connectivity index is 1.90. The molecule has 2 aliphatic rings. The van der Waals surface area contributed by atoms with Crippen LogP contribution in [-0.2, 0) is 4.65 Å². The Kier molecular flexibility index (Phi) is 3.83. The van der Waals surface area contributed by atoms with Crippen molar-refractivity contribution in [1.29, 1.82) is 0 Å². The van der Waals surface area contributed by atoms with Crippen LogP contribution in [0.25, 0.3) is 5.57 Å². The highest BCUT2D eigenvalue weighted by Crippen LogP contribution is 2.45. The van der Waals surface area contributed by atoms with E-state index < -0.39 is 7.12 Å². The van der Waals surface area contributed by atoms with Crippen LogP contribution in [0.3, 0.4) is 0 Å². The van der Waals surface area contributed by atoms with Gasteiger partial charge in [0.25, 0.3) is 0 Å². The van der Waals surface area contributed by atoms with Gasteiger partial charge in [0, 0.05) is 23.6 Å². The highest BCUT2D eigenvalue weighted by Gasteiger charge is 2.40. The first-order valence-corrected chi connectivity index (χ1v) is 7.51. The monoisotopic (exact) mass is 282 g/mol. The van der Waals surface area contributed by atoms with Gasteiger partial charge in [-0.1, -0.05) is 50.3 Å². The van der Waals surface area contributed by atoms with E-state index in [-0.39, 0.29) is 17.5 Å². The summed E-state index contributed by atoms with van der Waals surface area (Å²) in [6, 6.07) is 7.69. The molecule has 1 aromatic rings. The zero-order chi connectivity index (χ0) is 15.0. The molecule has 108 valence electrons. The van der Waals surface area contributed by atoms with Crippen LogP contribution in [0, 0.1) is 5.92 Å². The summed E-state index contributed by atoms with van der Waals surface area (Å²) < 4.78 is 5.43. The van der Waals surface area contributed by atoms with Crippen LogP contribution in [0.15, 0.2) is 42.0 Å². The lowest BCUT2D eigenvalue weighted by Crippen LogP contribution is -2.31. The second-order valence-electron chi connectivity index (χ2n) is 5.69. The summed E-state index contributed by atoms with van der Waals surface area (Å²) in [5.41, 5.74) is 3.58. The molecule has 0 saturated heterocycles. The topological polar surface area (TPSA) is 46.5 Å². The molecule has 0 aliphatic heterocycles. The Bertz CT molecular complexity index is 633. The van der Waals surface area contributed by atoms with E-state index in [9.17, 15) is 9.82 Å². The average Bonchev–Trinajstić information content (AvgIpc) is 2.79. The summed E-state index contributed by atoms with van der Waals surface area (Å²) in [5, 5.41) is 10.2. The van der Waals surface area contributed by atoms with E-state index in [0.717, 1.165) is 28.7 Å². The van der Waals surface area contributed by atoms with Crippen molar-refractivity contribution in [3.63, 3.8) is 0 Å². The SMILES string of the molecule is CCCOB(O)C1C=CC2=C(C(=O)c3ccccc32)C1C. The van der Waals surface area contributed by atoms with Crippen molar-refractivity contribution in [2.75, 3.05) is 6.61 Å². The fraction of sp³-hybridized carbons (Fsp3) is 0.353. The molecule has 1 N–H and O–H groups in total. The summed E-state index contributed by atoms with van der Waals surface area (Å²) in [6.07, 6.45) is 4.79. The normalized spacial score (nSPS) is 23.3. The molecule has 2 unspecified atom stereocenters. The summed E-state index contributed by atoms with van der Waals surface area (Å²) >= 11 is 0. The zero-order valence-corrected chi connectivity index (χ0v) is 12.4. The van der Waals surface area contributed by atoms with Gasteiger partial charge in [0.1, 0.15) is 0 Å². The molecular formula is C17H19BO3. The third-order valence-corrected chi connectivity index (χ3v) is 4.34. The van der Waals surface area contributed by atoms with Gasteiger partial charge in [-0.05, 0) is 23.5 Å².